The lowest BCUT2D eigenvalue weighted by molar-refractivity contribution is -0.146. The van der Waals surface area contributed by atoms with Crippen LogP contribution in [-0.4, -0.2) is 37.0 Å². The fraction of sp³-hybridized carbons (Fsp3) is 0.348. The number of esters is 1. The lowest BCUT2D eigenvalue weighted by Gasteiger charge is -2.17. The van der Waals surface area contributed by atoms with Gasteiger partial charge in [0.25, 0.3) is 11.8 Å². The number of hydrogen-bond acceptors (Lipinski definition) is 4. The molecule has 1 unspecified atom stereocenters. The summed E-state index contributed by atoms with van der Waals surface area (Å²) in [5.74, 6) is -0.854. The molecule has 0 spiro atoms. The van der Waals surface area contributed by atoms with Crippen LogP contribution < -0.4 is 10.6 Å². The van der Waals surface area contributed by atoms with Gasteiger partial charge in [0.2, 0.25) is 0 Å². The number of hydrogen-bond donors (Lipinski definition) is 2. The summed E-state index contributed by atoms with van der Waals surface area (Å²) in [5, 5.41) is 5.63. The molecule has 2 amide bonds. The van der Waals surface area contributed by atoms with Crippen molar-refractivity contribution in [2.75, 3.05) is 13.2 Å². The fourth-order valence-electron chi connectivity index (χ4n) is 2.75. The molecule has 0 aliphatic rings. The first-order chi connectivity index (χ1) is 14.1. The Kier molecular flexibility index (Phi) is 9.42. The van der Waals surface area contributed by atoms with E-state index in [2.05, 4.69) is 10.6 Å². The molecule has 0 aliphatic heterocycles. The predicted octanol–water partition coefficient (Wildman–Crippen LogP) is 3.34. The second kappa shape index (κ2) is 12.3. The van der Waals surface area contributed by atoms with Crippen LogP contribution in [0.3, 0.4) is 0 Å². The third-order valence-corrected chi connectivity index (χ3v) is 4.32. The third-order valence-electron chi connectivity index (χ3n) is 4.32. The Morgan fingerprint density at radius 2 is 1.45 bits per heavy atom. The normalized spacial score (nSPS) is 11.3. The Hall–Kier alpha value is -3.15. The number of carbonyl (C=O) groups is 3. The van der Waals surface area contributed by atoms with Gasteiger partial charge in [-0.05, 0) is 49.9 Å². The van der Waals surface area contributed by atoms with Gasteiger partial charge in [-0.15, -0.1) is 0 Å². The molecule has 2 aromatic rings. The van der Waals surface area contributed by atoms with Gasteiger partial charge in [0.1, 0.15) is 6.04 Å². The van der Waals surface area contributed by atoms with Crippen LogP contribution in [0.4, 0.5) is 0 Å². The van der Waals surface area contributed by atoms with Gasteiger partial charge in [0.15, 0.2) is 0 Å². The summed E-state index contributed by atoms with van der Waals surface area (Å²) >= 11 is 0. The summed E-state index contributed by atoms with van der Waals surface area (Å²) in [6.07, 6.45) is 2.52. The van der Waals surface area contributed by atoms with Crippen molar-refractivity contribution in [3.8, 4) is 0 Å². The maximum Gasteiger partial charge on any atom is 0.328 e. The van der Waals surface area contributed by atoms with Crippen LogP contribution in [0.5, 0.6) is 0 Å². The molecular formula is C23H28N2O4. The number of rotatable bonds is 11. The molecule has 0 radical (unpaired) electrons. The van der Waals surface area contributed by atoms with E-state index in [1.165, 1.54) is 0 Å². The number of nitrogens with one attached hydrogen (secondary N) is 2. The Morgan fingerprint density at radius 3 is 2.03 bits per heavy atom. The molecule has 0 aliphatic carbocycles. The molecule has 2 rings (SSSR count). The molecule has 2 aromatic carbocycles. The second-order valence-electron chi connectivity index (χ2n) is 6.68. The zero-order valence-electron chi connectivity index (χ0n) is 16.7. The molecule has 0 heterocycles. The minimum Gasteiger partial charge on any atom is -0.464 e. The number of amides is 2. The standard InChI is InChI=1S/C23H28N2O4/c1-2-17-29-23(28)20(25-22(27)19-13-7-4-8-14-19)15-9-10-16-24-21(26)18-11-5-3-6-12-18/h3-8,11-14,20H,2,9-10,15-17H2,1H3,(H,24,26)(H,25,27). The molecule has 0 saturated carbocycles. The molecule has 6 nitrogen and oxygen atoms in total. The lowest BCUT2D eigenvalue weighted by atomic mass is 10.1. The smallest absolute Gasteiger partial charge is 0.328 e. The molecule has 2 N–H and O–H groups in total. The van der Waals surface area contributed by atoms with Crippen molar-refractivity contribution in [3.63, 3.8) is 0 Å². The monoisotopic (exact) mass is 396 g/mol. The third kappa shape index (κ3) is 7.78. The fourth-order valence-corrected chi connectivity index (χ4v) is 2.75. The largest absolute Gasteiger partial charge is 0.464 e. The van der Waals surface area contributed by atoms with Gasteiger partial charge in [-0.2, -0.15) is 0 Å². The Bertz CT molecular complexity index is 778. The van der Waals surface area contributed by atoms with E-state index < -0.39 is 12.0 Å². The van der Waals surface area contributed by atoms with Crippen LogP contribution >= 0.6 is 0 Å². The molecule has 0 saturated heterocycles. The summed E-state index contributed by atoms with van der Waals surface area (Å²) in [6, 6.07) is 17.1. The van der Waals surface area contributed by atoms with Crippen molar-refractivity contribution in [1.29, 1.82) is 0 Å². The van der Waals surface area contributed by atoms with Crippen molar-refractivity contribution >= 4 is 17.8 Å². The van der Waals surface area contributed by atoms with Gasteiger partial charge in [0, 0.05) is 17.7 Å². The maximum atomic E-state index is 12.4. The van der Waals surface area contributed by atoms with E-state index in [-0.39, 0.29) is 11.8 Å². The van der Waals surface area contributed by atoms with E-state index in [9.17, 15) is 14.4 Å². The summed E-state index contributed by atoms with van der Waals surface area (Å²) in [5.41, 5.74) is 1.11. The molecule has 154 valence electrons. The number of carbonyl (C=O) groups excluding carboxylic acids is 3. The van der Waals surface area contributed by atoms with E-state index >= 15 is 0 Å². The highest BCUT2D eigenvalue weighted by Crippen LogP contribution is 2.07. The van der Waals surface area contributed by atoms with E-state index in [1.54, 1.807) is 36.4 Å². The van der Waals surface area contributed by atoms with Gasteiger partial charge in [0.05, 0.1) is 6.61 Å². The molecule has 0 aromatic heterocycles. The zero-order valence-corrected chi connectivity index (χ0v) is 16.7. The lowest BCUT2D eigenvalue weighted by Crippen LogP contribution is -2.42. The molecule has 1 atom stereocenters. The average molecular weight is 396 g/mol. The minimum atomic E-state index is -0.709. The molecule has 6 heteroatoms. The molecule has 0 bridgehead atoms. The van der Waals surface area contributed by atoms with Gasteiger partial charge in [-0.25, -0.2) is 4.79 Å². The number of ether oxygens (including phenoxy) is 1. The first-order valence-corrected chi connectivity index (χ1v) is 9.97. The van der Waals surface area contributed by atoms with Crippen molar-refractivity contribution in [2.24, 2.45) is 0 Å². The van der Waals surface area contributed by atoms with Crippen LogP contribution in [0.25, 0.3) is 0 Å². The van der Waals surface area contributed by atoms with Gasteiger partial charge in [-0.1, -0.05) is 43.3 Å². The van der Waals surface area contributed by atoms with E-state index in [4.69, 9.17) is 4.74 Å². The van der Waals surface area contributed by atoms with Crippen LogP contribution in [0, 0.1) is 0 Å². The van der Waals surface area contributed by atoms with E-state index in [1.807, 2.05) is 31.2 Å². The SMILES string of the molecule is CCCOC(=O)C(CCCCNC(=O)c1ccccc1)NC(=O)c1ccccc1. The van der Waals surface area contributed by atoms with Gasteiger partial charge < -0.3 is 15.4 Å². The quantitative estimate of drug-likeness (QED) is 0.451. The highest BCUT2D eigenvalue weighted by Gasteiger charge is 2.22. The second-order valence-corrected chi connectivity index (χ2v) is 6.68. The number of unbranched alkanes of at least 4 members (excludes halogenated alkanes) is 1. The van der Waals surface area contributed by atoms with Gasteiger partial charge >= 0.3 is 5.97 Å². The van der Waals surface area contributed by atoms with Crippen molar-refractivity contribution in [2.45, 2.75) is 38.6 Å². The number of benzene rings is 2. The molecule has 29 heavy (non-hydrogen) atoms. The summed E-state index contributed by atoms with van der Waals surface area (Å²) in [7, 11) is 0. The first-order valence-electron chi connectivity index (χ1n) is 9.97. The summed E-state index contributed by atoms with van der Waals surface area (Å²) < 4.78 is 5.22. The first kappa shape index (κ1) is 22.1. The van der Waals surface area contributed by atoms with Crippen molar-refractivity contribution in [1.82, 2.24) is 10.6 Å². The van der Waals surface area contributed by atoms with Crippen LogP contribution in [0.15, 0.2) is 60.7 Å². The van der Waals surface area contributed by atoms with E-state index in [0.29, 0.717) is 43.5 Å². The topological polar surface area (TPSA) is 84.5 Å². The van der Waals surface area contributed by atoms with Crippen LogP contribution in [-0.2, 0) is 9.53 Å². The molecular weight excluding hydrogens is 368 g/mol. The molecule has 0 fully saturated rings. The Balaban J connectivity index is 1.81. The van der Waals surface area contributed by atoms with Crippen LogP contribution in [0.1, 0.15) is 53.3 Å². The predicted molar refractivity (Wildman–Crippen MR) is 112 cm³/mol. The highest BCUT2D eigenvalue weighted by atomic mass is 16.5. The van der Waals surface area contributed by atoms with Crippen molar-refractivity contribution < 1.29 is 19.1 Å². The van der Waals surface area contributed by atoms with E-state index in [0.717, 1.165) is 6.42 Å². The minimum absolute atomic E-state index is 0.123. The maximum absolute atomic E-state index is 12.4. The zero-order chi connectivity index (χ0) is 20.9. The Morgan fingerprint density at radius 1 is 0.862 bits per heavy atom. The average Bonchev–Trinajstić information content (AvgIpc) is 2.77. The highest BCUT2D eigenvalue weighted by molar-refractivity contribution is 5.96. The van der Waals surface area contributed by atoms with Crippen LogP contribution in [0.2, 0.25) is 0 Å². The Labute approximate surface area is 171 Å². The van der Waals surface area contributed by atoms with Crippen molar-refractivity contribution in [3.05, 3.63) is 71.8 Å². The van der Waals surface area contributed by atoms with Gasteiger partial charge in [-0.3, -0.25) is 9.59 Å². The summed E-state index contributed by atoms with van der Waals surface area (Å²) in [4.78, 5) is 36.7. The summed E-state index contributed by atoms with van der Waals surface area (Å²) in [6.45, 7) is 2.74.